The van der Waals surface area contributed by atoms with Crippen LogP contribution in [0.2, 0.25) is 0 Å². The van der Waals surface area contributed by atoms with Gasteiger partial charge < -0.3 is 9.64 Å². The van der Waals surface area contributed by atoms with Crippen molar-refractivity contribution in [3.63, 3.8) is 0 Å². The third-order valence-electron chi connectivity index (χ3n) is 3.47. The number of fused-ring (bicyclic) bond motifs is 1. The lowest BCUT2D eigenvalue weighted by Gasteiger charge is -2.21. The number of rotatable bonds is 2. The first kappa shape index (κ1) is 13.6. The molecule has 0 spiro atoms. The number of hydrogen-bond acceptors (Lipinski definition) is 3. The van der Waals surface area contributed by atoms with E-state index in [0.717, 1.165) is 18.5 Å². The van der Waals surface area contributed by atoms with Crippen LogP contribution < -0.4 is 4.90 Å². The summed E-state index contributed by atoms with van der Waals surface area (Å²) in [6.45, 7) is 1.90. The van der Waals surface area contributed by atoms with E-state index in [0.29, 0.717) is 0 Å². The minimum Gasteiger partial charge on any atom is -0.459 e. The van der Waals surface area contributed by atoms with Crippen molar-refractivity contribution < 1.29 is 14.3 Å². The van der Waals surface area contributed by atoms with E-state index < -0.39 is 11.9 Å². The van der Waals surface area contributed by atoms with E-state index in [1.165, 1.54) is 28.9 Å². The molecule has 19 heavy (non-hydrogen) atoms. The van der Waals surface area contributed by atoms with Gasteiger partial charge in [0, 0.05) is 12.7 Å². The lowest BCUT2D eigenvalue weighted by atomic mass is 9.91. The highest BCUT2D eigenvalue weighted by atomic mass is 16.5. The van der Waals surface area contributed by atoms with Crippen LogP contribution in [0.5, 0.6) is 0 Å². The van der Waals surface area contributed by atoms with Crippen molar-refractivity contribution in [3.8, 4) is 0 Å². The molecular weight excluding hydrogens is 242 g/mol. The minimum atomic E-state index is -0.803. The van der Waals surface area contributed by atoms with E-state index in [4.69, 9.17) is 4.74 Å². The van der Waals surface area contributed by atoms with Crippen LogP contribution in [-0.2, 0) is 27.2 Å². The second-order valence-electron chi connectivity index (χ2n) is 4.74. The van der Waals surface area contributed by atoms with Crippen LogP contribution in [0.3, 0.4) is 0 Å². The highest BCUT2D eigenvalue weighted by Gasteiger charge is 2.22. The summed E-state index contributed by atoms with van der Waals surface area (Å²) in [5, 5.41) is 0. The van der Waals surface area contributed by atoms with Gasteiger partial charge in [-0.2, -0.15) is 0 Å². The molecule has 0 radical (unpaired) electrons. The zero-order valence-corrected chi connectivity index (χ0v) is 11.4. The lowest BCUT2D eigenvalue weighted by Crippen LogP contribution is -2.34. The number of hydrogen-bond donors (Lipinski definition) is 0. The molecule has 2 rings (SSSR count). The molecule has 1 aliphatic rings. The Morgan fingerprint density at radius 3 is 2.58 bits per heavy atom. The molecule has 0 saturated heterocycles. The molecule has 0 heterocycles. The van der Waals surface area contributed by atoms with Gasteiger partial charge in [-0.1, -0.05) is 6.07 Å². The fourth-order valence-electron chi connectivity index (χ4n) is 2.38. The third-order valence-corrected chi connectivity index (χ3v) is 3.47. The molecule has 0 fully saturated rings. The first-order valence-corrected chi connectivity index (χ1v) is 6.70. The Balaban J connectivity index is 2.17. The average molecular weight is 261 g/mol. The van der Waals surface area contributed by atoms with Crippen molar-refractivity contribution in [2.24, 2.45) is 0 Å². The third kappa shape index (κ3) is 2.95. The average Bonchev–Trinajstić information content (AvgIpc) is 2.45. The number of amides is 1. The van der Waals surface area contributed by atoms with Crippen molar-refractivity contribution in [1.82, 2.24) is 0 Å². The normalized spacial score (nSPS) is 13.6. The van der Waals surface area contributed by atoms with Gasteiger partial charge in [-0.3, -0.25) is 4.79 Å². The number of benzene rings is 1. The zero-order chi connectivity index (χ0) is 13.8. The second kappa shape index (κ2) is 5.87. The van der Waals surface area contributed by atoms with E-state index in [-0.39, 0.29) is 6.61 Å². The Labute approximate surface area is 113 Å². The Morgan fingerprint density at radius 1 is 1.21 bits per heavy atom. The molecule has 0 bridgehead atoms. The number of aryl methyl sites for hydroxylation is 2. The van der Waals surface area contributed by atoms with Crippen molar-refractivity contribution in [1.29, 1.82) is 0 Å². The van der Waals surface area contributed by atoms with Crippen LogP contribution in [0, 0.1) is 0 Å². The van der Waals surface area contributed by atoms with Gasteiger partial charge in [-0.25, -0.2) is 4.79 Å². The Morgan fingerprint density at radius 2 is 1.89 bits per heavy atom. The SMILES string of the molecule is CCOC(=O)C(=O)N(C)c1ccc2c(c1)CCCC2. The maximum atomic E-state index is 11.9. The van der Waals surface area contributed by atoms with Crippen LogP contribution in [0.25, 0.3) is 0 Å². The summed E-state index contributed by atoms with van der Waals surface area (Å²) < 4.78 is 4.73. The van der Waals surface area contributed by atoms with Gasteiger partial charge in [-0.15, -0.1) is 0 Å². The summed E-state index contributed by atoms with van der Waals surface area (Å²) in [5.41, 5.74) is 3.39. The van der Waals surface area contributed by atoms with E-state index >= 15 is 0 Å². The summed E-state index contributed by atoms with van der Waals surface area (Å²) in [5.74, 6) is -1.43. The number of nitrogens with zero attached hydrogens (tertiary/aromatic N) is 1. The maximum absolute atomic E-state index is 11.9. The smallest absolute Gasteiger partial charge is 0.397 e. The van der Waals surface area contributed by atoms with Crippen LogP contribution in [0.1, 0.15) is 30.9 Å². The van der Waals surface area contributed by atoms with Crippen molar-refractivity contribution >= 4 is 17.6 Å². The fraction of sp³-hybridized carbons (Fsp3) is 0.467. The number of ether oxygens (including phenoxy) is 1. The van der Waals surface area contributed by atoms with Crippen molar-refractivity contribution in [3.05, 3.63) is 29.3 Å². The fourth-order valence-corrected chi connectivity index (χ4v) is 2.38. The minimum absolute atomic E-state index is 0.211. The molecule has 0 aliphatic heterocycles. The lowest BCUT2D eigenvalue weighted by molar-refractivity contribution is -0.153. The van der Waals surface area contributed by atoms with E-state index in [2.05, 4.69) is 6.07 Å². The van der Waals surface area contributed by atoms with Crippen LogP contribution >= 0.6 is 0 Å². The molecule has 4 nitrogen and oxygen atoms in total. The Kier molecular flexibility index (Phi) is 4.20. The maximum Gasteiger partial charge on any atom is 0.397 e. The highest BCUT2D eigenvalue weighted by Crippen LogP contribution is 2.25. The van der Waals surface area contributed by atoms with Gasteiger partial charge in [0.15, 0.2) is 0 Å². The molecule has 0 unspecified atom stereocenters. The monoisotopic (exact) mass is 261 g/mol. The van der Waals surface area contributed by atoms with Crippen molar-refractivity contribution in [2.75, 3.05) is 18.6 Å². The van der Waals surface area contributed by atoms with E-state index in [1.54, 1.807) is 14.0 Å². The molecule has 0 atom stereocenters. The number of likely N-dealkylation sites (N-methyl/N-ethyl adjacent to an activating group) is 1. The summed E-state index contributed by atoms with van der Waals surface area (Å²) in [6.07, 6.45) is 4.56. The van der Waals surface area contributed by atoms with Gasteiger partial charge in [0.05, 0.1) is 6.61 Å². The van der Waals surface area contributed by atoms with Crippen LogP contribution in [-0.4, -0.2) is 25.5 Å². The number of carbonyl (C=O) groups is 2. The number of anilines is 1. The largest absolute Gasteiger partial charge is 0.459 e. The molecule has 0 N–H and O–H groups in total. The standard InChI is InChI=1S/C15H19NO3/c1-3-19-15(18)14(17)16(2)13-9-8-11-6-4-5-7-12(11)10-13/h8-10H,3-7H2,1-2H3. The van der Waals surface area contributed by atoms with Crippen LogP contribution in [0.4, 0.5) is 5.69 Å². The number of esters is 1. The zero-order valence-electron chi connectivity index (χ0n) is 11.4. The predicted molar refractivity (Wildman–Crippen MR) is 73.1 cm³/mol. The summed E-state index contributed by atoms with van der Waals surface area (Å²) >= 11 is 0. The highest BCUT2D eigenvalue weighted by molar-refractivity contribution is 6.37. The van der Waals surface area contributed by atoms with Crippen LogP contribution in [0.15, 0.2) is 18.2 Å². The quantitative estimate of drug-likeness (QED) is 0.605. The molecule has 1 amide bonds. The molecule has 0 saturated carbocycles. The second-order valence-corrected chi connectivity index (χ2v) is 4.74. The molecule has 1 aromatic rings. The van der Waals surface area contributed by atoms with Gasteiger partial charge in [0.2, 0.25) is 0 Å². The van der Waals surface area contributed by atoms with Crippen molar-refractivity contribution in [2.45, 2.75) is 32.6 Å². The Bertz CT molecular complexity index is 496. The molecule has 1 aromatic carbocycles. The molecule has 1 aliphatic carbocycles. The Hall–Kier alpha value is -1.84. The first-order valence-electron chi connectivity index (χ1n) is 6.70. The molecular formula is C15H19NO3. The predicted octanol–water partition coefficient (Wildman–Crippen LogP) is 2.09. The van der Waals surface area contributed by atoms with E-state index in [1.807, 2.05) is 12.1 Å². The summed E-state index contributed by atoms with van der Waals surface area (Å²) in [6, 6.07) is 5.95. The van der Waals surface area contributed by atoms with Gasteiger partial charge in [0.25, 0.3) is 0 Å². The summed E-state index contributed by atoms with van der Waals surface area (Å²) in [4.78, 5) is 24.6. The first-order chi connectivity index (χ1) is 9.13. The topological polar surface area (TPSA) is 46.6 Å². The number of carbonyl (C=O) groups excluding carboxylic acids is 2. The van der Waals surface area contributed by atoms with E-state index in [9.17, 15) is 9.59 Å². The summed E-state index contributed by atoms with van der Waals surface area (Å²) in [7, 11) is 1.60. The van der Waals surface area contributed by atoms with Gasteiger partial charge in [-0.05, 0) is 55.9 Å². The van der Waals surface area contributed by atoms with Gasteiger partial charge >= 0.3 is 11.9 Å². The molecule has 102 valence electrons. The molecule has 4 heteroatoms. The van der Waals surface area contributed by atoms with Gasteiger partial charge in [0.1, 0.15) is 0 Å². The molecule has 0 aromatic heterocycles.